The number of para-hydroxylation sites is 1. The predicted molar refractivity (Wildman–Crippen MR) is 241 cm³/mol. The van der Waals surface area contributed by atoms with Gasteiger partial charge in [0.25, 0.3) is 0 Å². The standard InChI is InChI=1S/C53H42N2S/c1-39-17-38-53(56-39)46-26-36-52(37-27-46)54(47-15-9-4-10-16-47)48-32-22-44(23-33-48)45-24-34-51(35-25-45)55(49-28-18-42(19-29-49)40-11-5-2-6-12-40)50-30-20-43(21-31-50)41-13-7-3-8-14-41/h2-7,9-13,15-38H,8,14H2,1H3. The van der Waals surface area contributed by atoms with Crippen molar-refractivity contribution in [1.82, 2.24) is 0 Å². The average molecular weight is 739 g/mol. The van der Waals surface area contributed by atoms with Gasteiger partial charge in [-0.3, -0.25) is 0 Å². The van der Waals surface area contributed by atoms with Crippen molar-refractivity contribution in [2.45, 2.75) is 19.8 Å². The van der Waals surface area contributed by atoms with Crippen molar-refractivity contribution in [3.8, 4) is 32.7 Å². The highest BCUT2D eigenvalue weighted by Crippen LogP contribution is 2.40. The van der Waals surface area contributed by atoms with Crippen LogP contribution in [0.15, 0.2) is 212 Å². The molecule has 1 aromatic heterocycles. The molecule has 0 fully saturated rings. The minimum Gasteiger partial charge on any atom is -0.311 e. The van der Waals surface area contributed by atoms with Crippen LogP contribution < -0.4 is 9.80 Å². The molecule has 1 heterocycles. The third-order valence-corrected chi connectivity index (χ3v) is 11.5. The first kappa shape index (κ1) is 35.0. The van der Waals surface area contributed by atoms with Gasteiger partial charge in [-0.1, -0.05) is 127 Å². The van der Waals surface area contributed by atoms with E-state index in [4.69, 9.17) is 0 Å². The molecule has 0 atom stereocenters. The maximum atomic E-state index is 2.35. The van der Waals surface area contributed by atoms with Crippen molar-refractivity contribution < 1.29 is 0 Å². The van der Waals surface area contributed by atoms with E-state index in [-0.39, 0.29) is 0 Å². The van der Waals surface area contributed by atoms with E-state index in [1.807, 2.05) is 11.3 Å². The molecule has 1 aliphatic rings. The Labute approximate surface area is 334 Å². The number of anilines is 6. The van der Waals surface area contributed by atoms with Crippen molar-refractivity contribution in [3.63, 3.8) is 0 Å². The zero-order chi connectivity index (χ0) is 37.7. The normalized spacial score (nSPS) is 12.3. The summed E-state index contributed by atoms with van der Waals surface area (Å²) in [7, 11) is 0. The number of thiophene rings is 1. The molecule has 0 aliphatic heterocycles. The van der Waals surface area contributed by atoms with Crippen LogP contribution in [0.2, 0.25) is 0 Å². The van der Waals surface area contributed by atoms with Crippen LogP contribution in [0.5, 0.6) is 0 Å². The van der Waals surface area contributed by atoms with Crippen LogP contribution in [-0.4, -0.2) is 0 Å². The number of benzene rings is 7. The van der Waals surface area contributed by atoms with Gasteiger partial charge in [0.1, 0.15) is 0 Å². The third kappa shape index (κ3) is 7.50. The van der Waals surface area contributed by atoms with Gasteiger partial charge >= 0.3 is 0 Å². The molecule has 0 N–H and O–H groups in total. The highest BCUT2D eigenvalue weighted by atomic mass is 32.1. The monoisotopic (exact) mass is 738 g/mol. The van der Waals surface area contributed by atoms with Gasteiger partial charge in [0.15, 0.2) is 0 Å². The molecule has 8 aromatic rings. The minimum atomic E-state index is 1.08. The Hall–Kier alpha value is -6.68. The lowest BCUT2D eigenvalue weighted by Crippen LogP contribution is -2.10. The van der Waals surface area contributed by atoms with Crippen LogP contribution >= 0.6 is 11.3 Å². The molecular weight excluding hydrogens is 697 g/mol. The minimum absolute atomic E-state index is 1.08. The molecule has 0 saturated carbocycles. The van der Waals surface area contributed by atoms with Crippen molar-refractivity contribution >= 4 is 51.0 Å². The van der Waals surface area contributed by atoms with E-state index in [9.17, 15) is 0 Å². The summed E-state index contributed by atoms with van der Waals surface area (Å²) in [5, 5.41) is 0. The molecule has 9 rings (SSSR count). The van der Waals surface area contributed by atoms with Crippen molar-refractivity contribution in [2.75, 3.05) is 9.80 Å². The van der Waals surface area contributed by atoms with Crippen LogP contribution in [0, 0.1) is 6.92 Å². The smallest absolute Gasteiger partial charge is 0.0462 e. The van der Waals surface area contributed by atoms with E-state index in [0.29, 0.717) is 0 Å². The van der Waals surface area contributed by atoms with Gasteiger partial charge in [-0.2, -0.15) is 0 Å². The van der Waals surface area contributed by atoms with Crippen LogP contribution in [0.25, 0.3) is 38.3 Å². The molecule has 1 aliphatic carbocycles. The number of rotatable bonds is 10. The Kier molecular flexibility index (Phi) is 9.99. The van der Waals surface area contributed by atoms with Gasteiger partial charge in [0.05, 0.1) is 0 Å². The van der Waals surface area contributed by atoms with Crippen molar-refractivity contribution in [1.29, 1.82) is 0 Å². The van der Waals surface area contributed by atoms with Crippen molar-refractivity contribution in [3.05, 3.63) is 223 Å². The lowest BCUT2D eigenvalue weighted by Gasteiger charge is -2.26. The quantitative estimate of drug-likeness (QED) is 0.138. The maximum absolute atomic E-state index is 2.35. The SMILES string of the molecule is Cc1ccc(-c2ccc(N(c3ccccc3)c3ccc(-c4ccc(N(c5ccc(C6=CC=CCC6)cc5)c5ccc(-c6ccccc6)cc5)cc4)cc3)cc2)s1. The number of nitrogens with zero attached hydrogens (tertiary/aromatic N) is 2. The van der Waals surface area contributed by atoms with Gasteiger partial charge in [-0.15, -0.1) is 11.3 Å². The summed E-state index contributed by atoms with van der Waals surface area (Å²) in [6.07, 6.45) is 8.83. The van der Waals surface area contributed by atoms with Gasteiger partial charge in [-0.25, -0.2) is 0 Å². The van der Waals surface area contributed by atoms with Gasteiger partial charge in [0, 0.05) is 43.9 Å². The maximum Gasteiger partial charge on any atom is 0.0462 e. The molecular formula is C53H42N2S. The third-order valence-electron chi connectivity index (χ3n) is 10.5. The van der Waals surface area contributed by atoms with Gasteiger partial charge in [0.2, 0.25) is 0 Å². The van der Waals surface area contributed by atoms with Crippen LogP contribution in [0.1, 0.15) is 23.3 Å². The molecule has 7 aromatic carbocycles. The fourth-order valence-corrected chi connectivity index (χ4v) is 8.42. The van der Waals surface area contributed by atoms with Crippen LogP contribution in [0.3, 0.4) is 0 Å². The zero-order valence-corrected chi connectivity index (χ0v) is 32.2. The van der Waals surface area contributed by atoms with E-state index in [1.165, 1.54) is 48.7 Å². The second-order valence-corrected chi connectivity index (χ2v) is 15.5. The molecule has 0 bridgehead atoms. The largest absolute Gasteiger partial charge is 0.311 e. The second-order valence-electron chi connectivity index (χ2n) is 14.2. The van der Waals surface area contributed by atoms with Crippen LogP contribution in [0.4, 0.5) is 34.1 Å². The second kappa shape index (κ2) is 16.0. The fourth-order valence-electron chi connectivity index (χ4n) is 7.54. The Balaban J connectivity index is 1.01. The first-order valence-corrected chi connectivity index (χ1v) is 20.1. The first-order valence-electron chi connectivity index (χ1n) is 19.3. The highest BCUT2D eigenvalue weighted by molar-refractivity contribution is 7.15. The summed E-state index contributed by atoms with van der Waals surface area (Å²) in [5.74, 6) is 0. The summed E-state index contributed by atoms with van der Waals surface area (Å²) < 4.78 is 0. The van der Waals surface area contributed by atoms with E-state index in [1.54, 1.807) is 0 Å². The Morgan fingerprint density at radius 1 is 0.375 bits per heavy atom. The lowest BCUT2D eigenvalue weighted by molar-refractivity contribution is 1.05. The van der Waals surface area contributed by atoms with E-state index < -0.39 is 0 Å². The summed E-state index contributed by atoms with van der Waals surface area (Å²) in [4.78, 5) is 7.29. The number of aryl methyl sites for hydroxylation is 1. The Morgan fingerprint density at radius 3 is 1.18 bits per heavy atom. The molecule has 2 nitrogen and oxygen atoms in total. The highest BCUT2D eigenvalue weighted by Gasteiger charge is 2.16. The van der Waals surface area contributed by atoms with E-state index >= 15 is 0 Å². The predicted octanol–water partition coefficient (Wildman–Crippen LogP) is 15.7. The average Bonchev–Trinajstić information content (AvgIpc) is 3.72. The van der Waals surface area contributed by atoms with E-state index in [0.717, 1.165) is 47.0 Å². The summed E-state index contributed by atoms with van der Waals surface area (Å²) in [5.41, 5.74) is 15.4. The fraction of sp³-hybridized carbons (Fsp3) is 0.0566. The van der Waals surface area contributed by atoms with Crippen LogP contribution in [-0.2, 0) is 0 Å². The molecule has 0 amide bonds. The first-order chi connectivity index (χ1) is 27.7. The molecule has 0 saturated heterocycles. The molecule has 56 heavy (non-hydrogen) atoms. The molecule has 0 radical (unpaired) electrons. The van der Waals surface area contributed by atoms with E-state index in [2.05, 4.69) is 229 Å². The Morgan fingerprint density at radius 2 is 0.768 bits per heavy atom. The summed E-state index contributed by atoms with van der Waals surface area (Å²) in [6.45, 7) is 2.16. The number of hydrogen-bond acceptors (Lipinski definition) is 3. The van der Waals surface area contributed by atoms with Gasteiger partial charge in [-0.05, 0) is 144 Å². The summed E-state index contributed by atoms with van der Waals surface area (Å²) >= 11 is 1.83. The Bertz CT molecular complexity index is 2580. The number of allylic oxidation sites excluding steroid dienone is 4. The zero-order valence-electron chi connectivity index (χ0n) is 31.4. The molecule has 3 heteroatoms. The molecule has 0 unspecified atom stereocenters. The van der Waals surface area contributed by atoms with Gasteiger partial charge < -0.3 is 9.80 Å². The topological polar surface area (TPSA) is 6.48 Å². The molecule has 0 spiro atoms. The lowest BCUT2D eigenvalue weighted by atomic mass is 9.97. The summed E-state index contributed by atoms with van der Waals surface area (Å²) in [6, 6.07) is 70.3. The number of hydrogen-bond donors (Lipinski definition) is 0. The van der Waals surface area contributed by atoms with Crippen molar-refractivity contribution in [2.24, 2.45) is 0 Å². The molecule has 270 valence electrons.